The van der Waals surface area contributed by atoms with Crippen LogP contribution in [0.5, 0.6) is 0 Å². The fourth-order valence-corrected chi connectivity index (χ4v) is 3.71. The van der Waals surface area contributed by atoms with Gasteiger partial charge in [-0.05, 0) is 31.2 Å². The summed E-state index contributed by atoms with van der Waals surface area (Å²) in [5.74, 6) is -0.896. The molecule has 1 aliphatic heterocycles. The van der Waals surface area contributed by atoms with Crippen LogP contribution in [-0.4, -0.2) is 51.0 Å². The second kappa shape index (κ2) is 5.70. The van der Waals surface area contributed by atoms with Crippen molar-refractivity contribution in [1.29, 1.82) is 0 Å². The summed E-state index contributed by atoms with van der Waals surface area (Å²) in [6, 6.07) is 4.59. The van der Waals surface area contributed by atoms with Gasteiger partial charge >= 0.3 is 0 Å². The summed E-state index contributed by atoms with van der Waals surface area (Å²) in [6.07, 6.45) is 0. The zero-order valence-corrected chi connectivity index (χ0v) is 12.6. The second-order valence-corrected chi connectivity index (χ2v) is 6.89. The number of carbonyl (C=O) groups excluding carboxylic acids is 1. The molecule has 1 aromatic carbocycles. The first kappa shape index (κ1) is 15.9. The molecule has 2 rings (SSSR count). The Balaban J connectivity index is 2.28. The highest BCUT2D eigenvalue weighted by Crippen LogP contribution is 2.24. The van der Waals surface area contributed by atoms with E-state index in [4.69, 9.17) is 4.74 Å². The van der Waals surface area contributed by atoms with Gasteiger partial charge in [0.25, 0.3) is 5.91 Å². The Morgan fingerprint density at radius 2 is 2.00 bits per heavy atom. The average Bonchev–Trinajstić information content (AvgIpc) is 2.47. The summed E-state index contributed by atoms with van der Waals surface area (Å²) in [5.41, 5.74) is -1.24. The van der Waals surface area contributed by atoms with Crippen molar-refractivity contribution in [2.75, 3.05) is 26.7 Å². The number of rotatable bonds is 3. The second-order valence-electron chi connectivity index (χ2n) is 4.95. The molecule has 6 nitrogen and oxygen atoms in total. The number of likely N-dealkylation sites (N-methyl/N-ethyl adjacent to an activating group) is 1. The van der Waals surface area contributed by atoms with Gasteiger partial charge in [-0.15, -0.1) is 0 Å². The van der Waals surface area contributed by atoms with Crippen LogP contribution in [-0.2, 0) is 19.6 Å². The normalized spacial score (nSPS) is 23.8. The maximum atomic E-state index is 12.9. The number of carbonyl (C=O) groups is 1. The molecule has 1 amide bonds. The van der Waals surface area contributed by atoms with E-state index in [0.717, 1.165) is 12.1 Å². The first-order valence-corrected chi connectivity index (χ1v) is 7.85. The zero-order valence-electron chi connectivity index (χ0n) is 11.8. The molecule has 1 atom stereocenters. The van der Waals surface area contributed by atoms with Crippen molar-refractivity contribution in [2.24, 2.45) is 0 Å². The summed E-state index contributed by atoms with van der Waals surface area (Å²) in [5, 5.41) is 2.46. The number of sulfonamides is 1. The van der Waals surface area contributed by atoms with Crippen molar-refractivity contribution in [3.8, 4) is 0 Å². The van der Waals surface area contributed by atoms with Gasteiger partial charge < -0.3 is 10.1 Å². The van der Waals surface area contributed by atoms with Gasteiger partial charge in [0.2, 0.25) is 10.0 Å². The Morgan fingerprint density at radius 3 is 2.57 bits per heavy atom. The van der Waals surface area contributed by atoms with Crippen LogP contribution in [0, 0.1) is 5.82 Å². The SMILES string of the molecule is CNC(=O)C1(C)CN(S(=O)(=O)c2ccc(F)cc2)CCO1. The lowest BCUT2D eigenvalue weighted by atomic mass is 10.0. The topological polar surface area (TPSA) is 75.7 Å². The van der Waals surface area contributed by atoms with E-state index >= 15 is 0 Å². The molecule has 0 bridgehead atoms. The number of ether oxygens (including phenoxy) is 1. The van der Waals surface area contributed by atoms with Crippen molar-refractivity contribution in [1.82, 2.24) is 9.62 Å². The Bertz CT molecular complexity index is 632. The van der Waals surface area contributed by atoms with Crippen molar-refractivity contribution < 1.29 is 22.3 Å². The highest BCUT2D eigenvalue weighted by atomic mass is 32.2. The largest absolute Gasteiger partial charge is 0.363 e. The predicted octanol–water partition coefficient (Wildman–Crippen LogP) is 0.351. The summed E-state index contributed by atoms with van der Waals surface area (Å²) in [4.78, 5) is 11.8. The fourth-order valence-electron chi connectivity index (χ4n) is 2.20. The Morgan fingerprint density at radius 1 is 1.38 bits per heavy atom. The van der Waals surface area contributed by atoms with E-state index in [1.165, 1.54) is 30.4 Å². The van der Waals surface area contributed by atoms with E-state index < -0.39 is 21.4 Å². The van der Waals surface area contributed by atoms with Gasteiger partial charge in [-0.25, -0.2) is 12.8 Å². The summed E-state index contributed by atoms with van der Waals surface area (Å²) >= 11 is 0. The molecule has 0 spiro atoms. The number of hydrogen-bond donors (Lipinski definition) is 1. The molecule has 1 unspecified atom stereocenters. The molecule has 1 fully saturated rings. The Hall–Kier alpha value is -1.51. The molecule has 1 saturated heterocycles. The molecule has 21 heavy (non-hydrogen) atoms. The average molecular weight is 316 g/mol. The van der Waals surface area contributed by atoms with E-state index in [0.29, 0.717) is 0 Å². The lowest BCUT2D eigenvalue weighted by Gasteiger charge is -2.38. The van der Waals surface area contributed by atoms with Crippen LogP contribution in [0.3, 0.4) is 0 Å². The van der Waals surface area contributed by atoms with Crippen LogP contribution in [0.4, 0.5) is 4.39 Å². The van der Waals surface area contributed by atoms with Crippen LogP contribution in [0.1, 0.15) is 6.92 Å². The van der Waals surface area contributed by atoms with Gasteiger partial charge in [0.05, 0.1) is 18.0 Å². The fraction of sp³-hybridized carbons (Fsp3) is 0.462. The number of amides is 1. The molecule has 0 aliphatic carbocycles. The van der Waals surface area contributed by atoms with E-state index in [2.05, 4.69) is 5.32 Å². The third-order valence-electron chi connectivity index (χ3n) is 3.40. The van der Waals surface area contributed by atoms with Gasteiger partial charge in [0.1, 0.15) is 5.82 Å². The molecule has 1 N–H and O–H groups in total. The van der Waals surface area contributed by atoms with E-state index in [1.807, 2.05) is 0 Å². The standard InChI is InChI=1S/C13H17FN2O4S/c1-13(12(17)15-2)9-16(7-8-20-13)21(18,19)11-5-3-10(14)4-6-11/h3-6H,7-9H2,1-2H3,(H,15,17). The molecule has 1 aromatic rings. The number of nitrogens with one attached hydrogen (secondary N) is 1. The van der Waals surface area contributed by atoms with Crippen LogP contribution in [0.2, 0.25) is 0 Å². The summed E-state index contributed by atoms with van der Waals surface area (Å²) in [7, 11) is -2.32. The zero-order chi connectivity index (χ0) is 15.7. The van der Waals surface area contributed by atoms with Crippen LogP contribution < -0.4 is 5.32 Å². The highest BCUT2D eigenvalue weighted by Gasteiger charge is 2.42. The minimum atomic E-state index is -3.78. The molecule has 116 valence electrons. The first-order chi connectivity index (χ1) is 9.79. The Labute approximate surface area is 122 Å². The molecule has 8 heteroatoms. The molecular formula is C13H17FN2O4S. The van der Waals surface area contributed by atoms with Crippen molar-refractivity contribution in [3.05, 3.63) is 30.1 Å². The lowest BCUT2D eigenvalue weighted by Crippen LogP contribution is -2.58. The maximum absolute atomic E-state index is 12.9. The van der Waals surface area contributed by atoms with Crippen molar-refractivity contribution >= 4 is 15.9 Å². The van der Waals surface area contributed by atoms with Gasteiger partial charge in [0, 0.05) is 13.6 Å². The van der Waals surface area contributed by atoms with E-state index in [-0.39, 0.29) is 30.5 Å². The maximum Gasteiger partial charge on any atom is 0.253 e. The van der Waals surface area contributed by atoms with Crippen LogP contribution >= 0.6 is 0 Å². The Kier molecular flexibility index (Phi) is 4.31. The van der Waals surface area contributed by atoms with Crippen LogP contribution in [0.25, 0.3) is 0 Å². The number of nitrogens with zero attached hydrogens (tertiary/aromatic N) is 1. The quantitative estimate of drug-likeness (QED) is 0.873. The molecule has 0 aromatic heterocycles. The predicted molar refractivity (Wildman–Crippen MR) is 73.6 cm³/mol. The number of morpholine rings is 1. The minimum absolute atomic E-state index is 0.00921. The number of benzene rings is 1. The van der Waals surface area contributed by atoms with E-state index in [1.54, 1.807) is 0 Å². The third-order valence-corrected chi connectivity index (χ3v) is 5.26. The van der Waals surface area contributed by atoms with Gasteiger partial charge in [0.15, 0.2) is 5.60 Å². The van der Waals surface area contributed by atoms with Crippen LogP contribution in [0.15, 0.2) is 29.2 Å². The van der Waals surface area contributed by atoms with Crippen molar-refractivity contribution in [3.63, 3.8) is 0 Å². The number of halogens is 1. The first-order valence-electron chi connectivity index (χ1n) is 6.41. The molecule has 1 heterocycles. The van der Waals surface area contributed by atoms with E-state index in [9.17, 15) is 17.6 Å². The number of hydrogen-bond acceptors (Lipinski definition) is 4. The smallest absolute Gasteiger partial charge is 0.253 e. The molecule has 0 radical (unpaired) electrons. The molecule has 0 saturated carbocycles. The van der Waals surface area contributed by atoms with Gasteiger partial charge in [-0.1, -0.05) is 0 Å². The van der Waals surface area contributed by atoms with Crippen molar-refractivity contribution in [2.45, 2.75) is 17.4 Å². The van der Waals surface area contributed by atoms with Gasteiger partial charge in [-0.3, -0.25) is 4.79 Å². The monoisotopic (exact) mass is 316 g/mol. The summed E-state index contributed by atoms with van der Waals surface area (Å²) < 4.78 is 44.5. The summed E-state index contributed by atoms with van der Waals surface area (Å²) in [6.45, 7) is 1.71. The highest BCUT2D eigenvalue weighted by molar-refractivity contribution is 7.89. The van der Waals surface area contributed by atoms with Gasteiger partial charge in [-0.2, -0.15) is 4.31 Å². The third kappa shape index (κ3) is 3.07. The minimum Gasteiger partial charge on any atom is -0.363 e. The molecular weight excluding hydrogens is 299 g/mol. The lowest BCUT2D eigenvalue weighted by molar-refractivity contribution is -0.151. The molecule has 1 aliphatic rings.